The molecule has 1 amide bonds. The van der Waals surface area contributed by atoms with Gasteiger partial charge in [-0.3, -0.25) is 10.2 Å². The van der Waals surface area contributed by atoms with E-state index in [1.807, 2.05) is 5.43 Å². The van der Waals surface area contributed by atoms with Crippen LogP contribution in [0.3, 0.4) is 0 Å². The van der Waals surface area contributed by atoms with Gasteiger partial charge in [0.25, 0.3) is 5.91 Å². The van der Waals surface area contributed by atoms with E-state index in [9.17, 15) is 9.18 Å². The summed E-state index contributed by atoms with van der Waals surface area (Å²) in [6.45, 7) is 1.77. The lowest BCUT2D eigenvalue weighted by Crippen LogP contribution is -2.29. The summed E-state index contributed by atoms with van der Waals surface area (Å²) in [5.41, 5.74) is 2.84. The van der Waals surface area contributed by atoms with Crippen molar-refractivity contribution in [3.05, 3.63) is 53.2 Å². The van der Waals surface area contributed by atoms with Crippen molar-refractivity contribution < 1.29 is 18.3 Å². The van der Waals surface area contributed by atoms with E-state index >= 15 is 0 Å². The molecule has 19 heavy (non-hydrogen) atoms. The molecule has 0 fully saturated rings. The number of hydrogen-bond donors (Lipinski definition) is 2. The number of hydrazine groups is 1. The molecule has 0 saturated carbocycles. The minimum atomic E-state index is -0.448. The van der Waals surface area contributed by atoms with Crippen molar-refractivity contribution in [3.63, 3.8) is 0 Å². The zero-order valence-electron chi connectivity index (χ0n) is 10.3. The van der Waals surface area contributed by atoms with E-state index in [1.165, 1.54) is 18.4 Å². The number of amides is 1. The van der Waals surface area contributed by atoms with Crippen LogP contribution in [0.5, 0.6) is 5.75 Å². The summed E-state index contributed by atoms with van der Waals surface area (Å²) in [5, 5.41) is 0. The van der Waals surface area contributed by atoms with Gasteiger partial charge >= 0.3 is 0 Å². The summed E-state index contributed by atoms with van der Waals surface area (Å²) in [6.07, 6.45) is 1.27. The first-order chi connectivity index (χ1) is 9.10. The molecule has 0 saturated heterocycles. The SMILES string of the molecule is Cc1ccc(OCc2cc(C(=O)NN)co2)cc1F. The minimum Gasteiger partial charge on any atom is -0.486 e. The Morgan fingerprint density at radius 1 is 1.47 bits per heavy atom. The smallest absolute Gasteiger partial charge is 0.268 e. The largest absolute Gasteiger partial charge is 0.486 e. The number of carbonyl (C=O) groups is 1. The molecule has 5 nitrogen and oxygen atoms in total. The maximum Gasteiger partial charge on any atom is 0.268 e. The van der Waals surface area contributed by atoms with Crippen molar-refractivity contribution in [2.75, 3.05) is 0 Å². The molecule has 0 aliphatic carbocycles. The maximum atomic E-state index is 13.3. The number of benzene rings is 1. The van der Waals surface area contributed by atoms with Gasteiger partial charge in [0.1, 0.15) is 30.2 Å². The summed E-state index contributed by atoms with van der Waals surface area (Å²) >= 11 is 0. The third-order valence-corrected chi connectivity index (χ3v) is 2.57. The lowest BCUT2D eigenvalue weighted by molar-refractivity contribution is 0.0953. The van der Waals surface area contributed by atoms with Crippen molar-refractivity contribution in [1.82, 2.24) is 5.43 Å². The lowest BCUT2D eigenvalue weighted by atomic mass is 10.2. The number of nitrogens with one attached hydrogen (secondary N) is 1. The molecule has 1 aromatic carbocycles. The molecular formula is C13H13FN2O3. The van der Waals surface area contributed by atoms with Crippen LogP contribution in [0.2, 0.25) is 0 Å². The van der Waals surface area contributed by atoms with E-state index in [4.69, 9.17) is 15.0 Å². The zero-order chi connectivity index (χ0) is 13.8. The van der Waals surface area contributed by atoms with E-state index < -0.39 is 5.91 Å². The summed E-state index contributed by atoms with van der Waals surface area (Å²) in [5.74, 6) is 5.05. The highest BCUT2D eigenvalue weighted by Crippen LogP contribution is 2.18. The summed E-state index contributed by atoms with van der Waals surface area (Å²) in [4.78, 5) is 11.2. The van der Waals surface area contributed by atoms with Crippen LogP contribution in [0.4, 0.5) is 4.39 Å². The normalized spacial score (nSPS) is 10.3. The standard InChI is InChI=1S/C13H13FN2O3/c1-8-2-3-10(5-12(8)14)19-7-11-4-9(6-18-11)13(17)16-15/h2-6H,7,15H2,1H3,(H,16,17). The van der Waals surface area contributed by atoms with Crippen molar-refractivity contribution >= 4 is 5.91 Å². The van der Waals surface area contributed by atoms with E-state index in [-0.39, 0.29) is 12.4 Å². The molecule has 2 aromatic rings. The van der Waals surface area contributed by atoms with E-state index in [0.717, 1.165) is 0 Å². The first-order valence-electron chi connectivity index (χ1n) is 5.57. The number of hydrogen-bond acceptors (Lipinski definition) is 4. The van der Waals surface area contributed by atoms with Gasteiger partial charge in [0.15, 0.2) is 0 Å². The molecule has 0 aliphatic heterocycles. The molecule has 1 aromatic heterocycles. The Morgan fingerprint density at radius 2 is 2.26 bits per heavy atom. The Balaban J connectivity index is 2.00. The molecule has 0 bridgehead atoms. The fourth-order valence-corrected chi connectivity index (χ4v) is 1.48. The van der Waals surface area contributed by atoms with Crippen LogP contribution in [-0.4, -0.2) is 5.91 Å². The third kappa shape index (κ3) is 3.11. The van der Waals surface area contributed by atoms with Gasteiger partial charge in [-0.25, -0.2) is 10.2 Å². The van der Waals surface area contributed by atoms with Gasteiger partial charge in [0, 0.05) is 6.07 Å². The highest BCUT2D eigenvalue weighted by atomic mass is 19.1. The van der Waals surface area contributed by atoms with Gasteiger partial charge in [-0.15, -0.1) is 0 Å². The quantitative estimate of drug-likeness (QED) is 0.502. The number of carbonyl (C=O) groups excluding carboxylic acids is 1. The lowest BCUT2D eigenvalue weighted by Gasteiger charge is -2.05. The fourth-order valence-electron chi connectivity index (χ4n) is 1.48. The van der Waals surface area contributed by atoms with Crippen LogP contribution in [0, 0.1) is 12.7 Å². The van der Waals surface area contributed by atoms with Crippen LogP contribution >= 0.6 is 0 Å². The highest BCUT2D eigenvalue weighted by Gasteiger charge is 2.09. The first-order valence-corrected chi connectivity index (χ1v) is 5.57. The molecule has 1 heterocycles. The molecule has 0 aliphatic rings. The average molecular weight is 264 g/mol. The predicted octanol–water partition coefficient (Wildman–Crippen LogP) is 1.91. The van der Waals surface area contributed by atoms with Gasteiger partial charge in [-0.2, -0.15) is 0 Å². The van der Waals surface area contributed by atoms with Crippen LogP contribution in [0.1, 0.15) is 21.7 Å². The van der Waals surface area contributed by atoms with Crippen molar-refractivity contribution in [1.29, 1.82) is 0 Å². The van der Waals surface area contributed by atoms with Crippen molar-refractivity contribution in [2.24, 2.45) is 5.84 Å². The molecule has 0 radical (unpaired) electrons. The Bertz CT molecular complexity index is 595. The minimum absolute atomic E-state index is 0.0976. The van der Waals surface area contributed by atoms with Crippen molar-refractivity contribution in [2.45, 2.75) is 13.5 Å². The maximum absolute atomic E-state index is 13.3. The molecular weight excluding hydrogens is 251 g/mol. The number of ether oxygens (including phenoxy) is 1. The topological polar surface area (TPSA) is 77.5 Å². The molecule has 0 atom stereocenters. The second-order valence-corrected chi connectivity index (χ2v) is 3.97. The van der Waals surface area contributed by atoms with Gasteiger partial charge in [-0.1, -0.05) is 6.07 Å². The van der Waals surface area contributed by atoms with E-state index in [1.54, 1.807) is 19.1 Å². The number of nitrogen functional groups attached to an aromatic ring is 1. The number of halogens is 1. The second-order valence-electron chi connectivity index (χ2n) is 3.97. The number of furan rings is 1. The molecule has 0 spiro atoms. The van der Waals surface area contributed by atoms with Gasteiger partial charge in [0.2, 0.25) is 0 Å². The summed E-state index contributed by atoms with van der Waals surface area (Å²) in [7, 11) is 0. The molecule has 6 heteroatoms. The fraction of sp³-hybridized carbons (Fsp3) is 0.154. The van der Waals surface area contributed by atoms with Crippen LogP contribution in [-0.2, 0) is 6.61 Å². The number of nitrogens with two attached hydrogens (primary N) is 1. The summed E-state index contributed by atoms with van der Waals surface area (Å²) < 4.78 is 23.8. The molecule has 3 N–H and O–H groups in total. The van der Waals surface area contributed by atoms with Gasteiger partial charge in [0.05, 0.1) is 5.56 Å². The van der Waals surface area contributed by atoms with Crippen LogP contribution < -0.4 is 16.0 Å². The average Bonchev–Trinajstić information content (AvgIpc) is 2.88. The first kappa shape index (κ1) is 13.1. The molecule has 100 valence electrons. The van der Waals surface area contributed by atoms with Crippen LogP contribution in [0.15, 0.2) is 34.9 Å². The Hall–Kier alpha value is -2.34. The molecule has 0 unspecified atom stereocenters. The Labute approximate surface area is 109 Å². The monoisotopic (exact) mass is 264 g/mol. The van der Waals surface area contributed by atoms with Crippen molar-refractivity contribution in [3.8, 4) is 5.75 Å². The second kappa shape index (κ2) is 5.53. The highest BCUT2D eigenvalue weighted by molar-refractivity contribution is 5.93. The summed E-state index contributed by atoms with van der Waals surface area (Å²) in [6, 6.07) is 6.09. The zero-order valence-corrected chi connectivity index (χ0v) is 10.3. The van der Waals surface area contributed by atoms with Gasteiger partial charge < -0.3 is 9.15 Å². The van der Waals surface area contributed by atoms with E-state index in [2.05, 4.69) is 0 Å². The van der Waals surface area contributed by atoms with E-state index in [0.29, 0.717) is 22.6 Å². The number of aryl methyl sites for hydroxylation is 1. The number of rotatable bonds is 4. The Morgan fingerprint density at radius 3 is 2.95 bits per heavy atom. The van der Waals surface area contributed by atoms with Gasteiger partial charge in [-0.05, 0) is 24.6 Å². The third-order valence-electron chi connectivity index (χ3n) is 2.57. The van der Waals surface area contributed by atoms with Crippen LogP contribution in [0.25, 0.3) is 0 Å². The molecule has 2 rings (SSSR count). The Kier molecular flexibility index (Phi) is 3.82. The predicted molar refractivity (Wildman–Crippen MR) is 65.8 cm³/mol.